The Kier molecular flexibility index (Phi) is 5.03. The first-order valence-electron chi connectivity index (χ1n) is 7.49. The Morgan fingerprint density at radius 3 is 3.00 bits per heavy atom. The number of hydrogen-bond donors (Lipinski definition) is 1. The van der Waals surface area contributed by atoms with Gasteiger partial charge >= 0.3 is 5.88 Å². The van der Waals surface area contributed by atoms with Crippen LogP contribution >= 0.6 is 8.53 Å². The van der Waals surface area contributed by atoms with Gasteiger partial charge in [0, 0.05) is 13.3 Å². The number of rotatable bonds is 5. The molecule has 1 saturated heterocycles. The predicted molar refractivity (Wildman–Crippen MR) is 83.2 cm³/mol. The number of nitrogens with zero attached hydrogens (tertiary/aromatic N) is 2. The molecule has 118 valence electrons. The highest BCUT2D eigenvalue weighted by Gasteiger charge is 2.25. The Morgan fingerprint density at radius 2 is 2.23 bits per heavy atom. The Bertz CT molecular complexity index is 593. The molecule has 0 saturated carbocycles. The highest BCUT2D eigenvalue weighted by Crippen LogP contribution is 2.43. The van der Waals surface area contributed by atoms with E-state index in [4.69, 9.17) is 13.6 Å². The van der Waals surface area contributed by atoms with Crippen LogP contribution in [0.3, 0.4) is 0 Å². The minimum absolute atomic E-state index is 0.208. The van der Waals surface area contributed by atoms with Crippen molar-refractivity contribution in [2.75, 3.05) is 11.7 Å². The van der Waals surface area contributed by atoms with E-state index in [1.165, 1.54) is 5.56 Å². The zero-order valence-electron chi connectivity index (χ0n) is 12.8. The fourth-order valence-electron chi connectivity index (χ4n) is 2.26. The smallest absolute Gasteiger partial charge is 0.302 e. The number of aromatic nitrogens is 2. The lowest BCUT2D eigenvalue weighted by molar-refractivity contribution is -0.782. The second-order valence-corrected chi connectivity index (χ2v) is 6.70. The number of anilines is 1. The summed E-state index contributed by atoms with van der Waals surface area (Å²) in [6.07, 6.45) is 3.88. The van der Waals surface area contributed by atoms with Gasteiger partial charge in [-0.2, -0.15) is 0 Å². The van der Waals surface area contributed by atoms with E-state index >= 15 is 0 Å². The SMILES string of the molecule is CC1CCOP(Nc2c[n+](C(C)Cc3ccccc3)no2)O1. The van der Waals surface area contributed by atoms with E-state index < -0.39 is 8.53 Å². The summed E-state index contributed by atoms with van der Waals surface area (Å²) in [7, 11) is -1.14. The van der Waals surface area contributed by atoms with Crippen LogP contribution in [0.1, 0.15) is 31.9 Å². The first kappa shape index (κ1) is 15.4. The molecular formula is C15H21N3O3P+. The lowest BCUT2D eigenvalue weighted by Crippen LogP contribution is -2.40. The zero-order valence-corrected chi connectivity index (χ0v) is 13.7. The highest BCUT2D eigenvalue weighted by molar-refractivity contribution is 7.49. The lowest BCUT2D eigenvalue weighted by atomic mass is 10.1. The Labute approximate surface area is 131 Å². The number of hydrogen-bond acceptors (Lipinski definition) is 5. The van der Waals surface area contributed by atoms with Gasteiger partial charge in [0.2, 0.25) is 5.27 Å². The average molecular weight is 322 g/mol. The molecule has 0 radical (unpaired) electrons. The standard InChI is InChI=1S/C15H21N3O3P/c1-12(10-14-6-4-3-5-7-14)18-11-15(20-17-18)16-22-19-9-8-13(2)21-22/h3-7,11-13,16H,8-10H2,1-2H3/q+1. The summed E-state index contributed by atoms with van der Waals surface area (Å²) in [5.41, 5.74) is 1.28. The van der Waals surface area contributed by atoms with Crippen molar-refractivity contribution in [3.8, 4) is 0 Å². The highest BCUT2D eigenvalue weighted by atomic mass is 31.2. The summed E-state index contributed by atoms with van der Waals surface area (Å²) in [4.78, 5) is 0. The largest absolute Gasteiger partial charge is 0.317 e. The monoisotopic (exact) mass is 322 g/mol. The van der Waals surface area contributed by atoms with Crippen molar-refractivity contribution < 1.29 is 18.3 Å². The molecule has 1 aromatic carbocycles. The first-order valence-corrected chi connectivity index (χ1v) is 8.67. The summed E-state index contributed by atoms with van der Waals surface area (Å²) < 4.78 is 18.4. The van der Waals surface area contributed by atoms with Crippen molar-refractivity contribution in [2.24, 2.45) is 0 Å². The molecule has 1 aliphatic heterocycles. The van der Waals surface area contributed by atoms with Crippen molar-refractivity contribution in [1.82, 2.24) is 5.27 Å². The van der Waals surface area contributed by atoms with Crippen LogP contribution in [0.25, 0.3) is 0 Å². The maximum atomic E-state index is 5.69. The third-order valence-corrected chi connectivity index (χ3v) is 4.89. The summed E-state index contributed by atoms with van der Waals surface area (Å²) in [5.74, 6) is 0.570. The maximum absolute atomic E-state index is 5.69. The zero-order chi connectivity index (χ0) is 15.4. The van der Waals surface area contributed by atoms with Gasteiger partial charge in [-0.3, -0.25) is 9.61 Å². The van der Waals surface area contributed by atoms with Crippen molar-refractivity contribution in [3.63, 3.8) is 0 Å². The fourth-order valence-corrected chi connectivity index (χ4v) is 3.42. The molecule has 2 heterocycles. The molecule has 1 aliphatic rings. The van der Waals surface area contributed by atoms with Crippen LogP contribution in [0.5, 0.6) is 0 Å². The van der Waals surface area contributed by atoms with E-state index in [1.54, 1.807) is 0 Å². The first-order chi connectivity index (χ1) is 10.7. The molecule has 2 aromatic rings. The van der Waals surface area contributed by atoms with Crippen LogP contribution in [0.2, 0.25) is 0 Å². The molecule has 6 nitrogen and oxygen atoms in total. The quantitative estimate of drug-likeness (QED) is 0.676. The van der Waals surface area contributed by atoms with Gasteiger partial charge in [0.25, 0.3) is 14.7 Å². The third kappa shape index (κ3) is 4.03. The number of nitrogens with one attached hydrogen (secondary N) is 1. The molecule has 7 heteroatoms. The molecule has 1 N–H and O–H groups in total. The molecule has 0 bridgehead atoms. The van der Waals surface area contributed by atoms with Gasteiger partial charge < -0.3 is 9.05 Å². The van der Waals surface area contributed by atoms with Gasteiger partial charge in [-0.25, -0.2) is 0 Å². The van der Waals surface area contributed by atoms with Crippen LogP contribution in [0.4, 0.5) is 5.88 Å². The van der Waals surface area contributed by atoms with Gasteiger partial charge in [0.1, 0.15) is 0 Å². The molecular weight excluding hydrogens is 301 g/mol. The molecule has 0 spiro atoms. The number of benzene rings is 1. The Hall–Kier alpha value is -1.49. The molecule has 22 heavy (non-hydrogen) atoms. The third-order valence-electron chi connectivity index (χ3n) is 3.52. The molecule has 3 rings (SSSR count). The molecule has 1 fully saturated rings. The Morgan fingerprint density at radius 1 is 1.41 bits per heavy atom. The molecule has 0 amide bonds. The molecule has 3 atom stereocenters. The summed E-state index contributed by atoms with van der Waals surface area (Å²) in [5, 5.41) is 7.20. The topological polar surface area (TPSA) is 60.4 Å². The van der Waals surface area contributed by atoms with E-state index in [9.17, 15) is 0 Å². The van der Waals surface area contributed by atoms with Gasteiger partial charge in [-0.1, -0.05) is 30.3 Å². The van der Waals surface area contributed by atoms with Crippen LogP contribution in [-0.4, -0.2) is 18.0 Å². The van der Waals surface area contributed by atoms with Crippen LogP contribution in [-0.2, 0) is 15.5 Å². The second-order valence-electron chi connectivity index (χ2n) is 5.49. The summed E-state index contributed by atoms with van der Waals surface area (Å²) in [6.45, 7) is 4.86. The summed E-state index contributed by atoms with van der Waals surface area (Å²) >= 11 is 0. The average Bonchev–Trinajstić information content (AvgIpc) is 2.97. The Balaban J connectivity index is 1.58. The fraction of sp³-hybridized carbons (Fsp3) is 0.467. The van der Waals surface area contributed by atoms with Gasteiger partial charge in [-0.05, 0) is 23.6 Å². The van der Waals surface area contributed by atoms with Gasteiger partial charge in [-0.15, -0.1) is 0 Å². The maximum Gasteiger partial charge on any atom is 0.302 e. The van der Waals surface area contributed by atoms with Crippen LogP contribution < -0.4 is 9.77 Å². The second kappa shape index (κ2) is 7.18. The van der Waals surface area contributed by atoms with Crippen molar-refractivity contribution in [1.29, 1.82) is 0 Å². The minimum Gasteiger partial charge on any atom is -0.317 e. The molecule has 3 unspecified atom stereocenters. The van der Waals surface area contributed by atoms with Crippen molar-refractivity contribution in [2.45, 2.75) is 38.8 Å². The summed E-state index contributed by atoms with van der Waals surface area (Å²) in [6, 6.07) is 10.6. The predicted octanol–water partition coefficient (Wildman–Crippen LogP) is 3.23. The van der Waals surface area contributed by atoms with Crippen LogP contribution in [0.15, 0.2) is 41.1 Å². The molecule has 0 aliphatic carbocycles. The van der Waals surface area contributed by atoms with Crippen molar-refractivity contribution in [3.05, 3.63) is 42.1 Å². The van der Waals surface area contributed by atoms with E-state index in [0.717, 1.165) is 12.8 Å². The normalized spacial score (nSPS) is 23.2. The van der Waals surface area contributed by atoms with Gasteiger partial charge in [0.05, 0.1) is 12.7 Å². The van der Waals surface area contributed by atoms with E-state index in [2.05, 4.69) is 29.4 Å². The van der Waals surface area contributed by atoms with Crippen molar-refractivity contribution >= 4 is 14.4 Å². The van der Waals surface area contributed by atoms with Crippen LogP contribution in [0, 0.1) is 0 Å². The van der Waals surface area contributed by atoms with E-state index in [0.29, 0.717) is 12.5 Å². The lowest BCUT2D eigenvalue weighted by Gasteiger charge is -2.25. The van der Waals surface area contributed by atoms with E-state index in [-0.39, 0.29) is 12.1 Å². The van der Waals surface area contributed by atoms with Gasteiger partial charge in [0.15, 0.2) is 6.04 Å². The van der Waals surface area contributed by atoms with E-state index in [1.807, 2.05) is 36.0 Å². The molecule has 1 aromatic heterocycles. The minimum atomic E-state index is -1.14.